The molecule has 1 atom stereocenters. The Morgan fingerprint density at radius 1 is 1.42 bits per heavy atom. The maximum atomic E-state index is 5.28. The van der Waals surface area contributed by atoms with E-state index in [0.29, 0.717) is 6.04 Å². The first-order valence-electron chi connectivity index (χ1n) is 6.51. The smallest absolute Gasteiger partial charge is 0.119 e. The van der Waals surface area contributed by atoms with Gasteiger partial charge < -0.3 is 10.1 Å². The van der Waals surface area contributed by atoms with Crippen molar-refractivity contribution >= 4 is 11.3 Å². The van der Waals surface area contributed by atoms with E-state index in [9.17, 15) is 0 Å². The van der Waals surface area contributed by atoms with Crippen molar-refractivity contribution < 1.29 is 4.74 Å². The number of nitrogens with one attached hydrogen (secondary N) is 1. The van der Waals surface area contributed by atoms with Crippen LogP contribution in [0, 0.1) is 6.92 Å². The Kier molecular flexibility index (Phi) is 4.93. The maximum Gasteiger partial charge on any atom is 0.119 e. The van der Waals surface area contributed by atoms with Gasteiger partial charge >= 0.3 is 0 Å². The van der Waals surface area contributed by atoms with Gasteiger partial charge in [-0.3, -0.25) is 0 Å². The normalized spacial score (nSPS) is 12.4. The van der Waals surface area contributed by atoms with Crippen LogP contribution in [0.1, 0.15) is 28.4 Å². The van der Waals surface area contributed by atoms with E-state index in [1.165, 1.54) is 10.4 Å². The highest BCUT2D eigenvalue weighted by atomic mass is 32.1. The van der Waals surface area contributed by atoms with E-state index in [4.69, 9.17) is 4.74 Å². The lowest BCUT2D eigenvalue weighted by molar-refractivity contribution is 0.414. The molecule has 0 aliphatic heterocycles. The van der Waals surface area contributed by atoms with E-state index < -0.39 is 0 Å². The largest absolute Gasteiger partial charge is 0.497 e. The molecule has 1 heterocycles. The van der Waals surface area contributed by atoms with Crippen LogP contribution in [0.5, 0.6) is 5.75 Å². The number of aryl methyl sites for hydroxylation is 1. The van der Waals surface area contributed by atoms with Crippen LogP contribution in [0.4, 0.5) is 0 Å². The van der Waals surface area contributed by atoms with Crippen molar-refractivity contribution in [2.24, 2.45) is 0 Å². The fraction of sp³-hybridized carbons (Fsp3) is 0.400. The van der Waals surface area contributed by atoms with E-state index in [1.807, 2.05) is 25.3 Å². The van der Waals surface area contributed by atoms with Gasteiger partial charge in [-0.1, -0.05) is 19.1 Å². The number of rotatable bonds is 6. The number of thiazole rings is 1. The number of likely N-dealkylation sites (N-methyl/N-ethyl adjacent to an activating group) is 1. The van der Waals surface area contributed by atoms with Gasteiger partial charge in [-0.05, 0) is 37.6 Å². The number of hydrogen-bond donors (Lipinski definition) is 1. The van der Waals surface area contributed by atoms with Crippen LogP contribution in [0.3, 0.4) is 0 Å². The second-order valence-electron chi connectivity index (χ2n) is 4.45. The predicted molar refractivity (Wildman–Crippen MR) is 80.0 cm³/mol. The van der Waals surface area contributed by atoms with E-state index in [-0.39, 0.29) is 0 Å². The monoisotopic (exact) mass is 276 g/mol. The fourth-order valence-corrected chi connectivity index (χ4v) is 2.95. The molecule has 0 saturated heterocycles. The highest BCUT2D eigenvalue weighted by Crippen LogP contribution is 2.25. The molecule has 0 radical (unpaired) electrons. The lowest BCUT2D eigenvalue weighted by Crippen LogP contribution is -2.22. The summed E-state index contributed by atoms with van der Waals surface area (Å²) in [5.74, 6) is 0.910. The Bertz CT molecular complexity index is 524. The Labute approximate surface area is 118 Å². The molecule has 0 aliphatic carbocycles. The molecule has 0 aliphatic rings. The van der Waals surface area contributed by atoms with Crippen molar-refractivity contribution in [1.82, 2.24) is 10.3 Å². The van der Waals surface area contributed by atoms with Crippen molar-refractivity contribution in [3.05, 3.63) is 45.9 Å². The van der Waals surface area contributed by atoms with Crippen LogP contribution >= 0.6 is 11.3 Å². The summed E-state index contributed by atoms with van der Waals surface area (Å²) in [5.41, 5.74) is 1.27. The number of benzene rings is 1. The fourth-order valence-electron chi connectivity index (χ4n) is 2.09. The SMILES string of the molecule is CCNC(Cc1cccc(OC)c1)c1cnc(C)s1. The average Bonchev–Trinajstić information content (AvgIpc) is 2.85. The van der Waals surface area contributed by atoms with E-state index in [1.54, 1.807) is 18.4 Å². The summed E-state index contributed by atoms with van der Waals surface area (Å²) in [5, 5.41) is 4.64. The second kappa shape index (κ2) is 6.68. The van der Waals surface area contributed by atoms with E-state index in [2.05, 4.69) is 29.4 Å². The molecule has 1 aromatic heterocycles. The number of methoxy groups -OCH3 is 1. The summed E-state index contributed by atoms with van der Waals surface area (Å²) in [4.78, 5) is 5.64. The summed E-state index contributed by atoms with van der Waals surface area (Å²) >= 11 is 1.76. The highest BCUT2D eigenvalue weighted by Gasteiger charge is 2.14. The number of aromatic nitrogens is 1. The quantitative estimate of drug-likeness (QED) is 0.878. The van der Waals surface area contributed by atoms with Gasteiger partial charge in [0, 0.05) is 17.1 Å². The lowest BCUT2D eigenvalue weighted by atomic mass is 10.0. The van der Waals surface area contributed by atoms with Crippen LogP contribution in [-0.4, -0.2) is 18.6 Å². The molecule has 1 aromatic carbocycles. The molecule has 0 spiro atoms. The predicted octanol–water partition coefficient (Wildman–Crippen LogP) is 3.35. The number of ether oxygens (including phenoxy) is 1. The van der Waals surface area contributed by atoms with Gasteiger partial charge in [-0.25, -0.2) is 4.98 Å². The molecule has 102 valence electrons. The Morgan fingerprint density at radius 3 is 2.89 bits per heavy atom. The standard InChI is InChI=1S/C15H20N2OS/c1-4-16-14(15-10-17-11(2)19-15)9-12-6-5-7-13(8-12)18-3/h5-8,10,14,16H,4,9H2,1-3H3. The summed E-state index contributed by atoms with van der Waals surface area (Å²) < 4.78 is 5.28. The van der Waals surface area contributed by atoms with Crippen LogP contribution in [0.15, 0.2) is 30.5 Å². The average molecular weight is 276 g/mol. The van der Waals surface area contributed by atoms with Crippen molar-refractivity contribution in [3.8, 4) is 5.75 Å². The van der Waals surface area contributed by atoms with Gasteiger partial charge in [0.15, 0.2) is 0 Å². The third kappa shape index (κ3) is 3.78. The number of hydrogen-bond acceptors (Lipinski definition) is 4. The molecular formula is C15H20N2OS. The third-order valence-electron chi connectivity index (χ3n) is 3.01. The van der Waals surface area contributed by atoms with Crippen LogP contribution in [-0.2, 0) is 6.42 Å². The topological polar surface area (TPSA) is 34.1 Å². The van der Waals surface area contributed by atoms with E-state index >= 15 is 0 Å². The summed E-state index contributed by atoms with van der Waals surface area (Å²) in [6, 6.07) is 8.57. The second-order valence-corrected chi connectivity index (χ2v) is 5.71. The molecule has 1 unspecified atom stereocenters. The molecule has 0 amide bonds. The first kappa shape index (κ1) is 14.0. The van der Waals surface area contributed by atoms with Crippen LogP contribution in [0.2, 0.25) is 0 Å². The maximum absolute atomic E-state index is 5.28. The zero-order valence-electron chi connectivity index (χ0n) is 11.6. The molecule has 4 heteroatoms. The van der Waals surface area contributed by atoms with Crippen molar-refractivity contribution in [1.29, 1.82) is 0 Å². The summed E-state index contributed by atoms with van der Waals surface area (Å²) in [6.45, 7) is 5.13. The highest BCUT2D eigenvalue weighted by molar-refractivity contribution is 7.11. The van der Waals surface area contributed by atoms with Gasteiger partial charge in [0.1, 0.15) is 5.75 Å². The third-order valence-corrected chi connectivity index (χ3v) is 4.03. The van der Waals surface area contributed by atoms with Gasteiger partial charge in [0.2, 0.25) is 0 Å². The number of nitrogens with zero attached hydrogens (tertiary/aromatic N) is 1. The molecule has 2 rings (SSSR count). The van der Waals surface area contributed by atoms with Gasteiger partial charge in [-0.2, -0.15) is 0 Å². The molecule has 19 heavy (non-hydrogen) atoms. The summed E-state index contributed by atoms with van der Waals surface area (Å²) in [7, 11) is 1.70. The molecule has 3 nitrogen and oxygen atoms in total. The van der Waals surface area contributed by atoms with Gasteiger partial charge in [0.05, 0.1) is 12.1 Å². The summed E-state index contributed by atoms with van der Waals surface area (Å²) in [6.07, 6.45) is 2.93. The van der Waals surface area contributed by atoms with Crippen molar-refractivity contribution in [3.63, 3.8) is 0 Å². The Hall–Kier alpha value is -1.39. The van der Waals surface area contributed by atoms with Gasteiger partial charge in [-0.15, -0.1) is 11.3 Å². The molecule has 1 N–H and O–H groups in total. The van der Waals surface area contributed by atoms with Crippen molar-refractivity contribution in [2.45, 2.75) is 26.3 Å². The van der Waals surface area contributed by atoms with Crippen molar-refractivity contribution in [2.75, 3.05) is 13.7 Å². The Morgan fingerprint density at radius 2 is 2.26 bits per heavy atom. The zero-order valence-corrected chi connectivity index (χ0v) is 12.5. The first-order valence-corrected chi connectivity index (χ1v) is 7.33. The zero-order chi connectivity index (χ0) is 13.7. The van der Waals surface area contributed by atoms with Crippen LogP contribution < -0.4 is 10.1 Å². The minimum atomic E-state index is 0.323. The molecular weight excluding hydrogens is 256 g/mol. The van der Waals surface area contributed by atoms with Gasteiger partial charge in [0.25, 0.3) is 0 Å². The van der Waals surface area contributed by atoms with E-state index in [0.717, 1.165) is 23.7 Å². The first-order chi connectivity index (χ1) is 9.22. The Balaban J connectivity index is 2.16. The minimum absolute atomic E-state index is 0.323. The lowest BCUT2D eigenvalue weighted by Gasteiger charge is -2.16. The molecule has 0 bridgehead atoms. The minimum Gasteiger partial charge on any atom is -0.497 e. The van der Waals surface area contributed by atoms with Crippen LogP contribution in [0.25, 0.3) is 0 Å². The molecule has 2 aromatic rings. The molecule has 0 saturated carbocycles. The molecule has 0 fully saturated rings.